The van der Waals surface area contributed by atoms with E-state index in [2.05, 4.69) is 28.3 Å². The van der Waals surface area contributed by atoms with Gasteiger partial charge in [-0.3, -0.25) is 0 Å². The van der Waals surface area contributed by atoms with Crippen LogP contribution in [0, 0.1) is 13.1 Å². The van der Waals surface area contributed by atoms with Gasteiger partial charge in [0.1, 0.15) is 12.0 Å². The molecule has 0 aliphatic rings. The molecule has 0 atom stereocenters. The minimum Gasteiger partial charge on any atom is -0.345 e. The first kappa shape index (κ1) is 8.05. The molecule has 13 heavy (non-hydrogen) atoms. The Hall–Kier alpha value is -1.57. The number of aromatic nitrogens is 2. The third-order valence-corrected chi connectivity index (χ3v) is 1.90. The van der Waals surface area contributed by atoms with Gasteiger partial charge in [0.15, 0.2) is 0 Å². The van der Waals surface area contributed by atoms with Crippen LogP contribution in [0.1, 0.15) is 17.1 Å². The Kier molecular flexibility index (Phi) is 2.13. The lowest BCUT2D eigenvalue weighted by Crippen LogP contribution is -1.89. The Labute approximate surface area is 77.6 Å². The molecular formula is C11H11N2. The van der Waals surface area contributed by atoms with Gasteiger partial charge in [-0.1, -0.05) is 30.3 Å². The van der Waals surface area contributed by atoms with Crippen molar-refractivity contribution < 1.29 is 0 Å². The summed E-state index contributed by atoms with van der Waals surface area (Å²) in [4.78, 5) is 7.29. The fraction of sp³-hybridized carbons (Fsp3) is 0.182. The van der Waals surface area contributed by atoms with Crippen LogP contribution >= 0.6 is 0 Å². The second-order valence-corrected chi connectivity index (χ2v) is 3.08. The Bertz CT molecular complexity index is 376. The SMILES string of the molecule is Cc1[c]nc(Cc2ccccc2)[nH]1. The van der Waals surface area contributed by atoms with Crippen molar-refractivity contribution >= 4 is 0 Å². The fourth-order valence-electron chi connectivity index (χ4n) is 1.30. The predicted molar refractivity (Wildman–Crippen MR) is 51.4 cm³/mol. The van der Waals surface area contributed by atoms with E-state index in [1.165, 1.54) is 5.56 Å². The standard InChI is InChI=1S/C11H11N2/c1-9-8-12-11(13-9)7-10-5-3-2-4-6-10/h2-6H,7H2,1H3,(H,12,13). The maximum absolute atomic E-state index is 4.13. The topological polar surface area (TPSA) is 28.7 Å². The van der Waals surface area contributed by atoms with Gasteiger partial charge in [0, 0.05) is 12.1 Å². The van der Waals surface area contributed by atoms with E-state index in [0.717, 1.165) is 17.9 Å². The minimum atomic E-state index is 0.852. The van der Waals surface area contributed by atoms with E-state index in [1.807, 2.05) is 25.1 Å². The maximum Gasteiger partial charge on any atom is 0.112 e. The van der Waals surface area contributed by atoms with Crippen molar-refractivity contribution in [1.82, 2.24) is 9.97 Å². The summed E-state index contributed by atoms with van der Waals surface area (Å²) in [5, 5.41) is 0. The van der Waals surface area contributed by atoms with Gasteiger partial charge in [-0.15, -0.1) is 0 Å². The van der Waals surface area contributed by atoms with Crippen LogP contribution in [0.4, 0.5) is 0 Å². The number of rotatable bonds is 2. The van der Waals surface area contributed by atoms with Crippen molar-refractivity contribution in [2.75, 3.05) is 0 Å². The second kappa shape index (κ2) is 3.44. The van der Waals surface area contributed by atoms with Crippen molar-refractivity contribution in [2.24, 2.45) is 0 Å². The highest BCUT2D eigenvalue weighted by Crippen LogP contribution is 2.05. The molecule has 0 amide bonds. The summed E-state index contributed by atoms with van der Waals surface area (Å²) < 4.78 is 0. The fourth-order valence-corrected chi connectivity index (χ4v) is 1.30. The summed E-state index contributed by atoms with van der Waals surface area (Å²) in [5.41, 5.74) is 2.26. The Morgan fingerprint density at radius 2 is 2.08 bits per heavy atom. The van der Waals surface area contributed by atoms with Gasteiger partial charge in [-0.2, -0.15) is 0 Å². The number of hydrogen-bond donors (Lipinski definition) is 1. The molecule has 1 aromatic heterocycles. The number of benzene rings is 1. The van der Waals surface area contributed by atoms with Crippen molar-refractivity contribution in [2.45, 2.75) is 13.3 Å². The number of H-pyrrole nitrogens is 1. The molecule has 0 bridgehead atoms. The number of nitrogens with zero attached hydrogens (tertiary/aromatic N) is 1. The molecule has 0 fully saturated rings. The Morgan fingerprint density at radius 3 is 2.69 bits per heavy atom. The molecule has 1 heterocycles. The van der Waals surface area contributed by atoms with Gasteiger partial charge in [0.05, 0.1) is 0 Å². The van der Waals surface area contributed by atoms with E-state index >= 15 is 0 Å². The number of aryl methyl sites for hydroxylation is 1. The van der Waals surface area contributed by atoms with Gasteiger partial charge in [-0.05, 0) is 12.5 Å². The molecule has 0 saturated heterocycles. The lowest BCUT2D eigenvalue weighted by molar-refractivity contribution is 1.02. The normalized spacial score (nSPS) is 10.2. The summed E-state index contributed by atoms with van der Waals surface area (Å²) in [6.45, 7) is 1.96. The molecule has 0 spiro atoms. The van der Waals surface area contributed by atoms with Crippen LogP contribution in [-0.2, 0) is 6.42 Å². The smallest absolute Gasteiger partial charge is 0.112 e. The first-order valence-electron chi connectivity index (χ1n) is 4.32. The number of hydrogen-bond acceptors (Lipinski definition) is 1. The van der Waals surface area contributed by atoms with Gasteiger partial charge < -0.3 is 4.98 Å². The first-order chi connectivity index (χ1) is 6.34. The first-order valence-corrected chi connectivity index (χ1v) is 4.32. The molecular weight excluding hydrogens is 160 g/mol. The molecule has 2 aromatic rings. The summed E-state index contributed by atoms with van der Waals surface area (Å²) in [7, 11) is 0. The van der Waals surface area contributed by atoms with Crippen LogP contribution in [-0.4, -0.2) is 9.97 Å². The van der Waals surface area contributed by atoms with Gasteiger partial charge in [0.25, 0.3) is 0 Å². The Morgan fingerprint density at radius 1 is 1.31 bits per heavy atom. The van der Waals surface area contributed by atoms with E-state index in [1.54, 1.807) is 0 Å². The largest absolute Gasteiger partial charge is 0.345 e. The zero-order valence-corrected chi connectivity index (χ0v) is 7.54. The van der Waals surface area contributed by atoms with Crippen LogP contribution < -0.4 is 0 Å². The number of nitrogens with one attached hydrogen (secondary N) is 1. The minimum absolute atomic E-state index is 0.852. The molecule has 2 rings (SSSR count). The molecule has 2 heteroatoms. The lowest BCUT2D eigenvalue weighted by atomic mass is 10.1. The molecule has 0 saturated carbocycles. The molecule has 2 nitrogen and oxygen atoms in total. The highest BCUT2D eigenvalue weighted by atomic mass is 14.9. The summed E-state index contributed by atoms with van der Waals surface area (Å²) >= 11 is 0. The van der Waals surface area contributed by atoms with Crippen molar-refractivity contribution in [3.05, 3.63) is 53.6 Å². The van der Waals surface area contributed by atoms with Gasteiger partial charge in [0.2, 0.25) is 0 Å². The molecule has 0 aliphatic heterocycles. The van der Waals surface area contributed by atoms with E-state index in [9.17, 15) is 0 Å². The molecule has 1 N–H and O–H groups in total. The van der Waals surface area contributed by atoms with Crippen molar-refractivity contribution in [3.63, 3.8) is 0 Å². The second-order valence-electron chi connectivity index (χ2n) is 3.08. The average molecular weight is 171 g/mol. The van der Waals surface area contributed by atoms with E-state index in [-0.39, 0.29) is 0 Å². The Balaban J connectivity index is 2.15. The highest BCUT2D eigenvalue weighted by Gasteiger charge is 1.98. The number of imidazole rings is 1. The predicted octanol–water partition coefficient (Wildman–Crippen LogP) is 2.11. The van der Waals surface area contributed by atoms with E-state index in [4.69, 9.17) is 0 Å². The highest BCUT2D eigenvalue weighted by molar-refractivity contribution is 5.19. The van der Waals surface area contributed by atoms with Gasteiger partial charge >= 0.3 is 0 Å². The van der Waals surface area contributed by atoms with E-state index < -0.39 is 0 Å². The van der Waals surface area contributed by atoms with Crippen molar-refractivity contribution in [3.8, 4) is 0 Å². The summed E-state index contributed by atoms with van der Waals surface area (Å²) in [6, 6.07) is 10.3. The third kappa shape index (κ3) is 1.96. The maximum atomic E-state index is 4.13. The molecule has 0 aliphatic carbocycles. The van der Waals surface area contributed by atoms with Crippen LogP contribution in [0.3, 0.4) is 0 Å². The average Bonchev–Trinajstić information content (AvgIpc) is 2.53. The molecule has 1 aromatic carbocycles. The third-order valence-electron chi connectivity index (χ3n) is 1.90. The zero-order chi connectivity index (χ0) is 9.10. The van der Waals surface area contributed by atoms with Crippen LogP contribution in [0.15, 0.2) is 30.3 Å². The van der Waals surface area contributed by atoms with E-state index in [0.29, 0.717) is 0 Å². The van der Waals surface area contributed by atoms with Crippen LogP contribution in [0.2, 0.25) is 0 Å². The summed E-state index contributed by atoms with van der Waals surface area (Å²) in [6.07, 6.45) is 3.74. The lowest BCUT2D eigenvalue weighted by Gasteiger charge is -1.96. The molecule has 1 radical (unpaired) electrons. The molecule has 65 valence electrons. The van der Waals surface area contributed by atoms with Gasteiger partial charge in [-0.25, -0.2) is 4.98 Å². The van der Waals surface area contributed by atoms with Crippen LogP contribution in [0.25, 0.3) is 0 Å². The summed E-state index contributed by atoms with van der Waals surface area (Å²) in [5.74, 6) is 0.976. The number of aromatic amines is 1. The molecule has 0 unspecified atom stereocenters. The zero-order valence-electron chi connectivity index (χ0n) is 7.54. The van der Waals surface area contributed by atoms with Crippen molar-refractivity contribution in [1.29, 1.82) is 0 Å². The monoisotopic (exact) mass is 171 g/mol. The van der Waals surface area contributed by atoms with Crippen LogP contribution in [0.5, 0.6) is 0 Å². The quantitative estimate of drug-likeness (QED) is 0.736.